The van der Waals surface area contributed by atoms with E-state index in [0.29, 0.717) is 0 Å². The number of carboxylic acids is 1. The highest BCUT2D eigenvalue weighted by Crippen LogP contribution is 2.30. The van der Waals surface area contributed by atoms with Gasteiger partial charge in [0.1, 0.15) is 5.92 Å². The van der Waals surface area contributed by atoms with Crippen molar-refractivity contribution in [2.45, 2.75) is 6.92 Å². The van der Waals surface area contributed by atoms with E-state index < -0.39 is 17.7 Å². The number of carbonyl (C=O) groups excluding carboxylic acids is 1. The molecule has 0 spiro atoms. The van der Waals surface area contributed by atoms with Crippen LogP contribution < -0.4 is 0 Å². The fraction of sp³-hybridized carbons (Fsp3) is 0.200. The predicted molar refractivity (Wildman–Crippen MR) is 62.6 cm³/mol. The summed E-state index contributed by atoms with van der Waals surface area (Å²) in [7, 11) is 0. The average Bonchev–Trinajstić information content (AvgIpc) is 2.21. The molecule has 6 heteroatoms. The highest BCUT2D eigenvalue weighted by atomic mass is 35.5. The Kier molecular flexibility index (Phi) is 4.19. The van der Waals surface area contributed by atoms with Crippen LogP contribution in [0.25, 0.3) is 0 Å². The highest BCUT2D eigenvalue weighted by Gasteiger charge is 2.24. The van der Waals surface area contributed by atoms with Crippen LogP contribution in [-0.4, -0.2) is 16.9 Å². The first-order chi connectivity index (χ1) is 7.34. The van der Waals surface area contributed by atoms with Crippen molar-refractivity contribution in [3.63, 3.8) is 0 Å². The van der Waals surface area contributed by atoms with Gasteiger partial charge < -0.3 is 5.11 Å². The van der Waals surface area contributed by atoms with Gasteiger partial charge in [-0.15, -0.1) is 0 Å². The van der Waals surface area contributed by atoms with Crippen LogP contribution in [0.15, 0.2) is 12.1 Å². The fourth-order valence-electron chi connectivity index (χ4n) is 1.06. The first kappa shape index (κ1) is 13.3. The topological polar surface area (TPSA) is 54.4 Å². The number of hydrogen-bond acceptors (Lipinski definition) is 2. The van der Waals surface area contributed by atoms with E-state index in [9.17, 15) is 9.59 Å². The molecule has 1 N–H and O–H groups in total. The number of carboxylic acid groups (broad SMARTS) is 1. The monoisotopic (exact) mass is 280 g/mol. The third-order valence-corrected chi connectivity index (χ3v) is 3.07. The molecule has 16 heavy (non-hydrogen) atoms. The molecule has 0 heterocycles. The molecule has 0 fully saturated rings. The number of carbonyl (C=O) groups is 2. The third kappa shape index (κ3) is 2.67. The van der Waals surface area contributed by atoms with Gasteiger partial charge in [0.25, 0.3) is 0 Å². The molecule has 0 aliphatic rings. The number of halogens is 3. The Balaban J connectivity index is 3.19. The van der Waals surface area contributed by atoms with Crippen molar-refractivity contribution in [3.05, 3.63) is 32.8 Å². The number of ketones is 1. The van der Waals surface area contributed by atoms with E-state index in [2.05, 4.69) is 0 Å². The lowest BCUT2D eigenvalue weighted by molar-refractivity contribution is -0.139. The number of rotatable bonds is 3. The van der Waals surface area contributed by atoms with Gasteiger partial charge in [0.2, 0.25) is 0 Å². The van der Waals surface area contributed by atoms with Crippen molar-refractivity contribution in [1.82, 2.24) is 0 Å². The molecule has 0 aliphatic heterocycles. The molecule has 0 aliphatic carbocycles. The highest BCUT2D eigenvalue weighted by molar-refractivity contribution is 6.44. The first-order valence-electron chi connectivity index (χ1n) is 4.26. The molecule has 1 atom stereocenters. The minimum Gasteiger partial charge on any atom is -0.481 e. The Labute approximate surface area is 107 Å². The van der Waals surface area contributed by atoms with Crippen LogP contribution in [0, 0.1) is 5.92 Å². The van der Waals surface area contributed by atoms with Crippen LogP contribution in [0.5, 0.6) is 0 Å². The van der Waals surface area contributed by atoms with Gasteiger partial charge in [-0.05, 0) is 19.1 Å². The maximum absolute atomic E-state index is 11.7. The van der Waals surface area contributed by atoms with Crippen molar-refractivity contribution in [2.24, 2.45) is 5.92 Å². The summed E-state index contributed by atoms with van der Waals surface area (Å²) in [6.07, 6.45) is 0. The van der Waals surface area contributed by atoms with Crippen molar-refractivity contribution in [2.75, 3.05) is 0 Å². The molecular formula is C10H7Cl3O3. The summed E-state index contributed by atoms with van der Waals surface area (Å²) < 4.78 is 0. The minimum absolute atomic E-state index is 0.0611. The normalized spacial score (nSPS) is 12.2. The SMILES string of the molecule is CC(C(=O)O)C(=O)c1cc(Cl)c(Cl)cc1Cl. The average molecular weight is 282 g/mol. The molecule has 0 radical (unpaired) electrons. The molecule has 1 unspecified atom stereocenters. The van der Waals surface area contributed by atoms with Crippen LogP contribution in [0.1, 0.15) is 17.3 Å². The molecule has 0 aromatic heterocycles. The van der Waals surface area contributed by atoms with E-state index in [1.165, 1.54) is 19.1 Å². The number of benzene rings is 1. The summed E-state index contributed by atoms with van der Waals surface area (Å²) in [6, 6.07) is 2.58. The number of aliphatic carboxylic acids is 1. The van der Waals surface area contributed by atoms with Crippen LogP contribution in [-0.2, 0) is 4.79 Å². The predicted octanol–water partition coefficient (Wildman–Crippen LogP) is 3.55. The van der Waals surface area contributed by atoms with Gasteiger partial charge in [0.05, 0.1) is 15.1 Å². The quantitative estimate of drug-likeness (QED) is 0.524. The second-order valence-electron chi connectivity index (χ2n) is 3.17. The van der Waals surface area contributed by atoms with Gasteiger partial charge in [0.15, 0.2) is 5.78 Å². The molecule has 0 saturated heterocycles. The van der Waals surface area contributed by atoms with E-state index in [4.69, 9.17) is 39.9 Å². The maximum Gasteiger partial charge on any atom is 0.314 e. The second-order valence-corrected chi connectivity index (χ2v) is 4.39. The molecular weight excluding hydrogens is 274 g/mol. The van der Waals surface area contributed by atoms with E-state index >= 15 is 0 Å². The van der Waals surface area contributed by atoms with Crippen molar-refractivity contribution in [1.29, 1.82) is 0 Å². The maximum atomic E-state index is 11.7. The van der Waals surface area contributed by atoms with Crippen LogP contribution >= 0.6 is 34.8 Å². The summed E-state index contributed by atoms with van der Waals surface area (Å²) >= 11 is 17.2. The summed E-state index contributed by atoms with van der Waals surface area (Å²) in [5, 5.41) is 9.17. The van der Waals surface area contributed by atoms with Gasteiger partial charge in [-0.1, -0.05) is 34.8 Å². The zero-order chi connectivity index (χ0) is 12.5. The van der Waals surface area contributed by atoms with Crippen LogP contribution in [0.4, 0.5) is 0 Å². The van der Waals surface area contributed by atoms with E-state index in [1.54, 1.807) is 0 Å². The lowest BCUT2D eigenvalue weighted by atomic mass is 9.99. The lowest BCUT2D eigenvalue weighted by Crippen LogP contribution is -2.20. The standard InChI is InChI=1S/C10H7Cl3O3/c1-4(10(15)16)9(14)5-2-7(12)8(13)3-6(5)11/h2-4H,1H3,(H,15,16). The molecule has 1 rings (SSSR count). The summed E-state index contributed by atoms with van der Waals surface area (Å²) in [4.78, 5) is 22.4. The smallest absolute Gasteiger partial charge is 0.314 e. The molecule has 0 amide bonds. The molecule has 0 bridgehead atoms. The molecule has 1 aromatic carbocycles. The largest absolute Gasteiger partial charge is 0.481 e. The molecule has 3 nitrogen and oxygen atoms in total. The van der Waals surface area contributed by atoms with Gasteiger partial charge in [-0.2, -0.15) is 0 Å². The molecule has 0 saturated carbocycles. The Bertz CT molecular complexity index is 457. The summed E-state index contributed by atoms with van der Waals surface area (Å²) in [6.45, 7) is 1.28. The number of Topliss-reactive ketones (excluding diaryl/α,β-unsaturated/α-hetero) is 1. The minimum atomic E-state index is -1.22. The van der Waals surface area contributed by atoms with Gasteiger partial charge >= 0.3 is 5.97 Å². The Morgan fingerprint density at radius 1 is 1.12 bits per heavy atom. The zero-order valence-electron chi connectivity index (χ0n) is 8.13. The molecule has 86 valence electrons. The van der Waals surface area contributed by atoms with Crippen LogP contribution in [0.3, 0.4) is 0 Å². The first-order valence-corrected chi connectivity index (χ1v) is 5.39. The van der Waals surface area contributed by atoms with Crippen molar-refractivity contribution >= 4 is 46.6 Å². The number of hydrogen-bond donors (Lipinski definition) is 1. The van der Waals surface area contributed by atoms with Crippen molar-refractivity contribution in [3.8, 4) is 0 Å². The van der Waals surface area contributed by atoms with E-state index in [0.717, 1.165) is 0 Å². The molecule has 1 aromatic rings. The van der Waals surface area contributed by atoms with E-state index in [-0.39, 0.29) is 20.6 Å². The Hall–Kier alpha value is -0.770. The Morgan fingerprint density at radius 3 is 2.12 bits per heavy atom. The Morgan fingerprint density at radius 2 is 1.62 bits per heavy atom. The third-order valence-electron chi connectivity index (χ3n) is 2.04. The lowest BCUT2D eigenvalue weighted by Gasteiger charge is -2.08. The zero-order valence-corrected chi connectivity index (χ0v) is 10.4. The van der Waals surface area contributed by atoms with Crippen molar-refractivity contribution < 1.29 is 14.7 Å². The summed E-state index contributed by atoms with van der Waals surface area (Å²) in [5.74, 6) is -2.99. The fourth-order valence-corrected chi connectivity index (χ4v) is 1.70. The van der Waals surface area contributed by atoms with Gasteiger partial charge in [-0.25, -0.2) is 0 Å². The summed E-state index contributed by atoms with van der Waals surface area (Å²) in [5.41, 5.74) is 0.0611. The van der Waals surface area contributed by atoms with E-state index in [1.807, 2.05) is 0 Å². The second kappa shape index (κ2) is 5.04. The van der Waals surface area contributed by atoms with Gasteiger partial charge in [-0.3, -0.25) is 9.59 Å². The van der Waals surface area contributed by atoms with Crippen LogP contribution in [0.2, 0.25) is 15.1 Å². The van der Waals surface area contributed by atoms with Gasteiger partial charge in [0, 0.05) is 5.56 Å².